The molecule has 1 aliphatic heterocycles. The molecule has 0 saturated carbocycles. The fraction of sp³-hybridized carbons (Fsp3) is 0.316. The molecular formula is C19H19NO7. The Morgan fingerprint density at radius 3 is 2.52 bits per heavy atom. The molecule has 0 amide bonds. The van der Waals surface area contributed by atoms with Crippen molar-refractivity contribution in [2.45, 2.75) is 26.9 Å². The molecule has 2 heterocycles. The number of nitrogens with one attached hydrogen (secondary N) is 1. The van der Waals surface area contributed by atoms with Gasteiger partial charge in [0.2, 0.25) is 12.6 Å². The van der Waals surface area contributed by atoms with Gasteiger partial charge in [-0.2, -0.15) is 0 Å². The molecule has 0 saturated heterocycles. The number of aryl methyl sites for hydroxylation is 1. The van der Waals surface area contributed by atoms with Gasteiger partial charge in [-0.05, 0) is 44.5 Å². The number of hydrogen-bond acceptors (Lipinski definition) is 7. The summed E-state index contributed by atoms with van der Waals surface area (Å²) in [5, 5.41) is 0. The second-order valence-electron chi connectivity index (χ2n) is 6.10. The SMILES string of the molecule is COC(=O)c1c(C)[nH]c(C(=O)[C@@H](C)OC(=O)c2ccc3c(c2)OCO3)c1C. The number of aromatic nitrogens is 1. The van der Waals surface area contributed by atoms with Crippen molar-refractivity contribution in [1.82, 2.24) is 4.98 Å². The van der Waals surface area contributed by atoms with Crippen LogP contribution in [0.5, 0.6) is 11.5 Å². The summed E-state index contributed by atoms with van der Waals surface area (Å²) in [6.45, 7) is 4.87. The topological polar surface area (TPSA) is 104 Å². The molecule has 8 nitrogen and oxygen atoms in total. The number of methoxy groups -OCH3 is 1. The Balaban J connectivity index is 1.76. The highest BCUT2D eigenvalue weighted by atomic mass is 16.7. The molecule has 1 atom stereocenters. The summed E-state index contributed by atoms with van der Waals surface area (Å²) in [7, 11) is 1.27. The number of ether oxygens (including phenoxy) is 4. The quantitative estimate of drug-likeness (QED) is 0.634. The number of aromatic amines is 1. The van der Waals surface area contributed by atoms with E-state index in [-0.39, 0.29) is 18.1 Å². The van der Waals surface area contributed by atoms with Crippen LogP contribution < -0.4 is 9.47 Å². The van der Waals surface area contributed by atoms with E-state index in [9.17, 15) is 14.4 Å². The van der Waals surface area contributed by atoms with Crippen LogP contribution in [0, 0.1) is 13.8 Å². The van der Waals surface area contributed by atoms with Crippen LogP contribution in [0.25, 0.3) is 0 Å². The minimum atomic E-state index is -1.05. The first-order chi connectivity index (χ1) is 12.8. The lowest BCUT2D eigenvalue weighted by Crippen LogP contribution is -2.25. The monoisotopic (exact) mass is 373 g/mol. The molecule has 1 aromatic heterocycles. The highest BCUT2D eigenvalue weighted by Crippen LogP contribution is 2.32. The van der Waals surface area contributed by atoms with Gasteiger partial charge in [-0.25, -0.2) is 9.59 Å². The van der Waals surface area contributed by atoms with Crippen LogP contribution >= 0.6 is 0 Å². The van der Waals surface area contributed by atoms with E-state index in [4.69, 9.17) is 18.9 Å². The van der Waals surface area contributed by atoms with Crippen LogP contribution in [0.1, 0.15) is 49.4 Å². The van der Waals surface area contributed by atoms with E-state index in [0.29, 0.717) is 28.3 Å². The molecule has 1 aromatic carbocycles. The number of fused-ring (bicyclic) bond motifs is 1. The van der Waals surface area contributed by atoms with Gasteiger partial charge in [-0.1, -0.05) is 0 Å². The van der Waals surface area contributed by atoms with Gasteiger partial charge in [0.25, 0.3) is 0 Å². The predicted molar refractivity (Wildman–Crippen MR) is 93.4 cm³/mol. The number of hydrogen-bond donors (Lipinski definition) is 1. The third kappa shape index (κ3) is 3.38. The molecule has 0 spiro atoms. The summed E-state index contributed by atoms with van der Waals surface area (Å²) < 4.78 is 20.4. The highest BCUT2D eigenvalue weighted by molar-refractivity contribution is 6.04. The summed E-state index contributed by atoms with van der Waals surface area (Å²) in [4.78, 5) is 39.8. The Bertz CT molecular complexity index is 928. The van der Waals surface area contributed by atoms with Crippen molar-refractivity contribution in [3.8, 4) is 11.5 Å². The van der Waals surface area contributed by atoms with Gasteiger partial charge in [0.15, 0.2) is 17.6 Å². The van der Waals surface area contributed by atoms with E-state index in [1.165, 1.54) is 26.2 Å². The summed E-state index contributed by atoms with van der Waals surface area (Å²) in [6.07, 6.45) is -1.05. The van der Waals surface area contributed by atoms with Crippen molar-refractivity contribution >= 4 is 17.7 Å². The lowest BCUT2D eigenvalue weighted by molar-refractivity contribution is 0.0316. The Hall–Kier alpha value is -3.29. The number of ketones is 1. The maximum Gasteiger partial charge on any atom is 0.339 e. The zero-order chi connectivity index (χ0) is 19.7. The van der Waals surface area contributed by atoms with Crippen LogP contribution in [0.3, 0.4) is 0 Å². The zero-order valence-electron chi connectivity index (χ0n) is 15.4. The molecule has 0 aliphatic carbocycles. The normalized spacial score (nSPS) is 13.2. The molecule has 2 aromatic rings. The van der Waals surface area contributed by atoms with Crippen LogP contribution in [-0.2, 0) is 9.47 Å². The maximum absolute atomic E-state index is 12.7. The predicted octanol–water partition coefficient (Wildman–Crippen LogP) is 2.58. The van der Waals surface area contributed by atoms with Gasteiger partial charge in [-0.3, -0.25) is 4.79 Å². The third-order valence-electron chi connectivity index (χ3n) is 4.33. The van der Waals surface area contributed by atoms with Crippen molar-refractivity contribution in [3.05, 3.63) is 46.3 Å². The molecule has 27 heavy (non-hydrogen) atoms. The van der Waals surface area contributed by atoms with E-state index < -0.39 is 23.8 Å². The Morgan fingerprint density at radius 2 is 1.81 bits per heavy atom. The first kappa shape index (κ1) is 18.5. The van der Waals surface area contributed by atoms with E-state index >= 15 is 0 Å². The fourth-order valence-electron chi connectivity index (χ4n) is 2.91. The minimum absolute atomic E-state index is 0.0940. The van der Waals surface area contributed by atoms with Gasteiger partial charge in [-0.15, -0.1) is 0 Å². The van der Waals surface area contributed by atoms with Crippen molar-refractivity contribution in [1.29, 1.82) is 0 Å². The summed E-state index contributed by atoms with van der Waals surface area (Å²) in [6, 6.07) is 4.64. The Kier molecular flexibility index (Phi) is 4.89. The fourth-order valence-corrected chi connectivity index (χ4v) is 2.91. The van der Waals surface area contributed by atoms with Crippen LogP contribution in [0.2, 0.25) is 0 Å². The van der Waals surface area contributed by atoms with Gasteiger partial charge in [0.1, 0.15) is 0 Å². The number of esters is 2. The van der Waals surface area contributed by atoms with Gasteiger partial charge in [0.05, 0.1) is 23.9 Å². The van der Waals surface area contributed by atoms with E-state index in [2.05, 4.69) is 4.98 Å². The Morgan fingerprint density at radius 1 is 1.11 bits per heavy atom. The molecular weight excluding hydrogens is 354 g/mol. The number of carbonyl (C=O) groups excluding carboxylic acids is 3. The Labute approximate surface area is 155 Å². The number of benzene rings is 1. The van der Waals surface area contributed by atoms with Gasteiger partial charge < -0.3 is 23.9 Å². The third-order valence-corrected chi connectivity index (χ3v) is 4.33. The standard InChI is InChI=1S/C19H19NO7/c1-9-15(19(23)24-4)10(2)20-16(9)17(21)11(3)27-18(22)12-5-6-13-14(7-12)26-8-25-13/h5-7,11,20H,8H2,1-4H3/t11-/m1/s1. The average Bonchev–Trinajstić information content (AvgIpc) is 3.23. The summed E-state index contributed by atoms with van der Waals surface area (Å²) in [5.74, 6) is -0.654. The van der Waals surface area contributed by atoms with Crippen molar-refractivity contribution in [2.75, 3.05) is 13.9 Å². The second-order valence-corrected chi connectivity index (χ2v) is 6.10. The molecule has 1 N–H and O–H groups in total. The maximum atomic E-state index is 12.7. The number of rotatable bonds is 5. The average molecular weight is 373 g/mol. The van der Waals surface area contributed by atoms with Crippen LogP contribution in [0.4, 0.5) is 0 Å². The zero-order valence-corrected chi connectivity index (χ0v) is 15.4. The first-order valence-electron chi connectivity index (χ1n) is 8.25. The van der Waals surface area contributed by atoms with Crippen molar-refractivity contribution in [3.63, 3.8) is 0 Å². The van der Waals surface area contributed by atoms with Gasteiger partial charge in [0, 0.05) is 5.69 Å². The van der Waals surface area contributed by atoms with Gasteiger partial charge >= 0.3 is 11.9 Å². The number of Topliss-reactive ketones (excluding diaryl/α,β-unsaturated/α-hetero) is 1. The molecule has 0 unspecified atom stereocenters. The largest absolute Gasteiger partial charge is 0.465 e. The van der Waals surface area contributed by atoms with E-state index in [0.717, 1.165) is 0 Å². The molecule has 1 aliphatic rings. The number of H-pyrrole nitrogens is 1. The van der Waals surface area contributed by atoms with Crippen LogP contribution in [-0.4, -0.2) is 42.7 Å². The molecule has 0 fully saturated rings. The van der Waals surface area contributed by atoms with Crippen LogP contribution in [0.15, 0.2) is 18.2 Å². The van der Waals surface area contributed by atoms with E-state index in [1.54, 1.807) is 19.9 Å². The highest BCUT2D eigenvalue weighted by Gasteiger charge is 2.28. The lowest BCUT2D eigenvalue weighted by Gasteiger charge is -2.12. The molecule has 8 heteroatoms. The van der Waals surface area contributed by atoms with Crippen molar-refractivity contribution in [2.24, 2.45) is 0 Å². The summed E-state index contributed by atoms with van der Waals surface area (Å²) >= 11 is 0. The summed E-state index contributed by atoms with van der Waals surface area (Å²) in [5.41, 5.74) is 1.72. The lowest BCUT2D eigenvalue weighted by atomic mass is 10.1. The van der Waals surface area contributed by atoms with Crippen molar-refractivity contribution < 1.29 is 33.3 Å². The minimum Gasteiger partial charge on any atom is -0.465 e. The molecule has 3 rings (SSSR count). The molecule has 0 radical (unpaired) electrons. The first-order valence-corrected chi connectivity index (χ1v) is 8.25. The number of carbonyl (C=O) groups is 3. The van der Waals surface area contributed by atoms with E-state index in [1.807, 2.05) is 0 Å². The molecule has 142 valence electrons. The smallest absolute Gasteiger partial charge is 0.339 e. The molecule has 0 bridgehead atoms. The second kappa shape index (κ2) is 7.14.